The molecule has 25 heavy (non-hydrogen) atoms. The maximum absolute atomic E-state index is 13.0. The van der Waals surface area contributed by atoms with E-state index in [4.69, 9.17) is 0 Å². The van der Waals surface area contributed by atoms with Crippen molar-refractivity contribution >= 4 is 17.5 Å². The van der Waals surface area contributed by atoms with Crippen LogP contribution in [0.3, 0.4) is 0 Å². The minimum absolute atomic E-state index is 0.206. The third kappa shape index (κ3) is 5.71. The number of benzene rings is 2. The minimum atomic E-state index is -0.723. The summed E-state index contributed by atoms with van der Waals surface area (Å²) >= 11 is 0. The van der Waals surface area contributed by atoms with Crippen LogP contribution in [0.5, 0.6) is 0 Å². The predicted octanol–water partition coefficient (Wildman–Crippen LogP) is 3.54. The van der Waals surface area contributed by atoms with E-state index in [9.17, 15) is 14.0 Å². The fourth-order valence-electron chi connectivity index (χ4n) is 2.20. The molecule has 5 heteroatoms. The summed E-state index contributed by atoms with van der Waals surface area (Å²) in [6, 6.07) is 14.3. The normalized spacial score (nSPS) is 12.3. The molecule has 2 N–H and O–H groups in total. The van der Waals surface area contributed by atoms with Crippen molar-refractivity contribution in [3.8, 4) is 0 Å². The van der Waals surface area contributed by atoms with Gasteiger partial charge in [-0.2, -0.15) is 0 Å². The largest absolute Gasteiger partial charge is 0.344 e. The van der Waals surface area contributed by atoms with Gasteiger partial charge in [-0.25, -0.2) is 4.39 Å². The van der Waals surface area contributed by atoms with Crippen molar-refractivity contribution in [2.24, 2.45) is 5.41 Å². The molecule has 0 bridgehead atoms. The van der Waals surface area contributed by atoms with Gasteiger partial charge in [-0.3, -0.25) is 9.59 Å². The molecule has 1 atom stereocenters. The van der Waals surface area contributed by atoms with Gasteiger partial charge < -0.3 is 10.6 Å². The van der Waals surface area contributed by atoms with E-state index < -0.39 is 11.5 Å². The van der Waals surface area contributed by atoms with E-state index in [-0.39, 0.29) is 17.6 Å². The predicted molar refractivity (Wildman–Crippen MR) is 96.6 cm³/mol. The Morgan fingerprint density at radius 2 is 1.60 bits per heavy atom. The van der Waals surface area contributed by atoms with Crippen molar-refractivity contribution in [1.29, 1.82) is 0 Å². The van der Waals surface area contributed by atoms with Crippen molar-refractivity contribution in [2.45, 2.75) is 33.2 Å². The quantitative estimate of drug-likeness (QED) is 0.873. The summed E-state index contributed by atoms with van der Waals surface area (Å²) in [5.74, 6) is -0.921. The van der Waals surface area contributed by atoms with Crippen molar-refractivity contribution in [1.82, 2.24) is 5.32 Å². The van der Waals surface area contributed by atoms with Crippen LogP contribution >= 0.6 is 0 Å². The average Bonchev–Trinajstić information content (AvgIpc) is 2.56. The third-order valence-electron chi connectivity index (χ3n) is 3.70. The molecule has 0 radical (unpaired) electrons. The topological polar surface area (TPSA) is 58.2 Å². The van der Waals surface area contributed by atoms with Gasteiger partial charge in [-0.15, -0.1) is 0 Å². The molecule has 2 rings (SSSR count). The summed E-state index contributed by atoms with van der Waals surface area (Å²) in [4.78, 5) is 25.0. The lowest BCUT2D eigenvalue weighted by Gasteiger charge is -2.24. The third-order valence-corrected chi connectivity index (χ3v) is 3.70. The summed E-state index contributed by atoms with van der Waals surface area (Å²) in [5, 5.41) is 5.54. The molecule has 2 aromatic carbocycles. The Morgan fingerprint density at radius 1 is 1.00 bits per heavy atom. The zero-order chi connectivity index (χ0) is 18.4. The van der Waals surface area contributed by atoms with Crippen molar-refractivity contribution in [2.75, 3.05) is 5.32 Å². The number of rotatable bonds is 5. The van der Waals surface area contributed by atoms with E-state index in [1.807, 2.05) is 30.3 Å². The standard InChI is InChI=1S/C20H23FN2O2/c1-20(2,3)19(25)23-17(13-14-7-5-4-6-8-14)18(24)22-16-11-9-15(21)10-12-16/h4-12,17H,13H2,1-3H3,(H,22,24)(H,23,25). The van der Waals surface area contributed by atoms with Gasteiger partial charge in [-0.05, 0) is 29.8 Å². The Kier molecular flexibility index (Phi) is 5.91. The lowest BCUT2D eigenvalue weighted by Crippen LogP contribution is -2.48. The van der Waals surface area contributed by atoms with Crippen LogP contribution in [0.1, 0.15) is 26.3 Å². The molecule has 4 nitrogen and oxygen atoms in total. The number of hydrogen-bond acceptors (Lipinski definition) is 2. The van der Waals surface area contributed by atoms with Crippen LogP contribution in [0.15, 0.2) is 54.6 Å². The van der Waals surface area contributed by atoms with Gasteiger partial charge >= 0.3 is 0 Å². The number of halogens is 1. The number of nitrogens with one attached hydrogen (secondary N) is 2. The fraction of sp³-hybridized carbons (Fsp3) is 0.300. The van der Waals surface area contributed by atoms with Crippen LogP contribution in [-0.2, 0) is 16.0 Å². The Bertz CT molecular complexity index is 722. The summed E-state index contributed by atoms with van der Waals surface area (Å²) in [7, 11) is 0. The minimum Gasteiger partial charge on any atom is -0.344 e. The van der Waals surface area contributed by atoms with Crippen molar-refractivity contribution in [3.05, 3.63) is 66.0 Å². The molecule has 2 amide bonds. The molecule has 0 aliphatic carbocycles. The number of anilines is 1. The van der Waals surface area contributed by atoms with Gasteiger partial charge in [0, 0.05) is 17.5 Å². The number of carbonyl (C=O) groups excluding carboxylic acids is 2. The Labute approximate surface area is 147 Å². The average molecular weight is 342 g/mol. The first-order valence-electron chi connectivity index (χ1n) is 8.17. The molecule has 0 aromatic heterocycles. The molecule has 132 valence electrons. The van der Waals surface area contributed by atoms with E-state index in [2.05, 4.69) is 10.6 Å². The summed E-state index contributed by atoms with van der Waals surface area (Å²) < 4.78 is 13.0. The van der Waals surface area contributed by atoms with E-state index in [0.29, 0.717) is 12.1 Å². The second-order valence-corrected chi connectivity index (χ2v) is 6.96. The second kappa shape index (κ2) is 7.92. The maximum Gasteiger partial charge on any atom is 0.247 e. The van der Waals surface area contributed by atoms with Gasteiger partial charge in [0.2, 0.25) is 11.8 Å². The molecule has 0 aliphatic heterocycles. The van der Waals surface area contributed by atoms with Crippen LogP contribution in [-0.4, -0.2) is 17.9 Å². The Morgan fingerprint density at radius 3 is 2.16 bits per heavy atom. The first-order chi connectivity index (χ1) is 11.8. The highest BCUT2D eigenvalue weighted by atomic mass is 19.1. The lowest BCUT2D eigenvalue weighted by molar-refractivity contribution is -0.132. The molecule has 0 aliphatic rings. The monoisotopic (exact) mass is 342 g/mol. The van der Waals surface area contributed by atoms with Crippen molar-refractivity contribution < 1.29 is 14.0 Å². The summed E-state index contributed by atoms with van der Waals surface area (Å²) in [6.07, 6.45) is 0.371. The molecule has 0 fully saturated rings. The zero-order valence-corrected chi connectivity index (χ0v) is 14.7. The van der Waals surface area contributed by atoms with E-state index in [0.717, 1.165) is 5.56 Å². The van der Waals surface area contributed by atoms with Gasteiger partial charge in [-0.1, -0.05) is 51.1 Å². The van der Waals surface area contributed by atoms with Crippen LogP contribution in [0.4, 0.5) is 10.1 Å². The molecule has 1 unspecified atom stereocenters. The van der Waals surface area contributed by atoms with Gasteiger partial charge in [0.15, 0.2) is 0 Å². The van der Waals surface area contributed by atoms with Crippen molar-refractivity contribution in [3.63, 3.8) is 0 Å². The molecule has 0 saturated heterocycles. The van der Waals surface area contributed by atoms with E-state index in [1.165, 1.54) is 24.3 Å². The Balaban J connectivity index is 2.15. The maximum atomic E-state index is 13.0. The Hall–Kier alpha value is -2.69. The van der Waals surface area contributed by atoms with Gasteiger partial charge in [0.1, 0.15) is 11.9 Å². The summed E-state index contributed by atoms with van der Waals surface area (Å²) in [5.41, 5.74) is 0.816. The molecule has 0 saturated carbocycles. The summed E-state index contributed by atoms with van der Waals surface area (Å²) in [6.45, 7) is 5.37. The number of hydrogen-bond donors (Lipinski definition) is 2. The fourth-order valence-corrected chi connectivity index (χ4v) is 2.20. The number of amides is 2. The number of carbonyl (C=O) groups is 2. The van der Waals surface area contributed by atoms with Gasteiger partial charge in [0.05, 0.1) is 0 Å². The zero-order valence-electron chi connectivity index (χ0n) is 14.7. The first kappa shape index (κ1) is 18.6. The molecule has 0 spiro atoms. The SMILES string of the molecule is CC(C)(C)C(=O)NC(Cc1ccccc1)C(=O)Nc1ccc(F)cc1. The molecular formula is C20H23FN2O2. The van der Waals surface area contributed by atoms with E-state index >= 15 is 0 Å². The smallest absolute Gasteiger partial charge is 0.247 e. The molecule has 2 aromatic rings. The second-order valence-electron chi connectivity index (χ2n) is 6.96. The van der Waals surface area contributed by atoms with E-state index in [1.54, 1.807) is 20.8 Å². The molecule has 0 heterocycles. The lowest BCUT2D eigenvalue weighted by atomic mass is 9.94. The highest BCUT2D eigenvalue weighted by molar-refractivity contribution is 5.98. The first-order valence-corrected chi connectivity index (χ1v) is 8.17. The van der Waals surface area contributed by atoms with Gasteiger partial charge in [0.25, 0.3) is 0 Å². The van der Waals surface area contributed by atoms with Crippen LogP contribution in [0.2, 0.25) is 0 Å². The van der Waals surface area contributed by atoms with Crippen LogP contribution in [0, 0.1) is 11.2 Å². The highest BCUT2D eigenvalue weighted by Gasteiger charge is 2.27. The van der Waals surface area contributed by atoms with Crippen LogP contribution < -0.4 is 10.6 Å². The molecular weight excluding hydrogens is 319 g/mol. The van der Waals surface area contributed by atoms with Crippen LogP contribution in [0.25, 0.3) is 0 Å². The highest BCUT2D eigenvalue weighted by Crippen LogP contribution is 2.15.